The molecule has 1 aromatic carbocycles. The molecule has 1 heterocycles. The lowest BCUT2D eigenvalue weighted by atomic mass is 10.1. The van der Waals surface area contributed by atoms with Crippen LogP contribution >= 0.6 is 0 Å². The number of para-hydroxylation sites is 2. The number of nitrogens with two attached hydrogens (primary N) is 1. The molecule has 0 saturated carbocycles. The third-order valence-electron chi connectivity index (χ3n) is 3.43. The summed E-state index contributed by atoms with van der Waals surface area (Å²) >= 11 is 0. The summed E-state index contributed by atoms with van der Waals surface area (Å²) in [5.74, 6) is -0.311. The largest absolute Gasteiger partial charge is 0.371 e. The first kappa shape index (κ1) is 12.7. The second-order valence-electron chi connectivity index (χ2n) is 4.60. The first-order valence-corrected chi connectivity index (χ1v) is 6.15. The van der Waals surface area contributed by atoms with Crippen LogP contribution in [-0.2, 0) is 4.79 Å². The van der Waals surface area contributed by atoms with Crippen molar-refractivity contribution < 1.29 is 4.79 Å². The van der Waals surface area contributed by atoms with Gasteiger partial charge in [0.25, 0.3) is 0 Å². The molecule has 0 bridgehead atoms. The Labute approximate surface area is 108 Å². The highest BCUT2D eigenvalue weighted by Crippen LogP contribution is 2.31. The third-order valence-corrected chi connectivity index (χ3v) is 3.43. The first-order valence-electron chi connectivity index (χ1n) is 6.15. The molecule has 1 aliphatic heterocycles. The molecule has 1 aromatic rings. The van der Waals surface area contributed by atoms with E-state index in [1.807, 2.05) is 12.1 Å². The number of primary amides is 1. The van der Waals surface area contributed by atoms with Gasteiger partial charge in [-0.15, -0.1) is 0 Å². The number of anilines is 2. The lowest BCUT2D eigenvalue weighted by Gasteiger charge is -2.38. The Bertz CT molecular complexity index is 435. The van der Waals surface area contributed by atoms with Crippen LogP contribution in [0.2, 0.25) is 0 Å². The predicted molar refractivity (Wildman–Crippen MR) is 74.0 cm³/mol. The van der Waals surface area contributed by atoms with E-state index in [1.54, 1.807) is 7.05 Å². The number of nitrogens with zero attached hydrogens (tertiary/aromatic N) is 2. The number of hydrogen-bond donors (Lipinski definition) is 2. The highest BCUT2D eigenvalue weighted by Gasteiger charge is 2.23. The fourth-order valence-corrected chi connectivity index (χ4v) is 2.30. The van der Waals surface area contributed by atoms with Gasteiger partial charge >= 0.3 is 0 Å². The molecular formula is C13H20N4O. The predicted octanol–water partition coefficient (Wildman–Crippen LogP) is 0.0161. The fraction of sp³-hybridized carbons (Fsp3) is 0.462. The van der Waals surface area contributed by atoms with E-state index in [0.717, 1.165) is 18.8 Å². The van der Waals surface area contributed by atoms with Crippen molar-refractivity contribution >= 4 is 17.3 Å². The molecule has 1 unspecified atom stereocenters. The summed E-state index contributed by atoms with van der Waals surface area (Å²) in [5, 5.41) is 2.96. The fourth-order valence-electron chi connectivity index (χ4n) is 2.30. The van der Waals surface area contributed by atoms with E-state index in [9.17, 15) is 4.79 Å². The van der Waals surface area contributed by atoms with Crippen molar-refractivity contribution in [2.24, 2.45) is 5.73 Å². The van der Waals surface area contributed by atoms with Crippen molar-refractivity contribution in [2.75, 3.05) is 43.5 Å². The molecule has 0 radical (unpaired) electrons. The van der Waals surface area contributed by atoms with Gasteiger partial charge in [-0.05, 0) is 19.2 Å². The standard InChI is InChI=1S/C13H20N4O/c1-15-10(13(14)18)9-17-8-7-16(2)11-5-3-4-6-12(11)17/h3-6,10,15H,7-9H2,1-2H3,(H2,14,18). The minimum atomic E-state index is -0.318. The van der Waals surface area contributed by atoms with Gasteiger partial charge in [0.1, 0.15) is 6.04 Å². The first-order chi connectivity index (χ1) is 8.63. The Balaban J connectivity index is 2.21. The van der Waals surface area contributed by atoms with Gasteiger partial charge in [-0.3, -0.25) is 4.79 Å². The Morgan fingerprint density at radius 3 is 2.67 bits per heavy atom. The summed E-state index contributed by atoms with van der Waals surface area (Å²) < 4.78 is 0. The molecule has 2 rings (SSSR count). The van der Waals surface area contributed by atoms with Crippen molar-refractivity contribution in [3.63, 3.8) is 0 Å². The second kappa shape index (κ2) is 5.27. The van der Waals surface area contributed by atoms with E-state index < -0.39 is 0 Å². The maximum atomic E-state index is 11.3. The zero-order chi connectivity index (χ0) is 13.1. The van der Waals surface area contributed by atoms with Crippen LogP contribution < -0.4 is 20.9 Å². The molecule has 0 aromatic heterocycles. The minimum Gasteiger partial charge on any atom is -0.371 e. The van der Waals surface area contributed by atoms with Crippen molar-refractivity contribution in [1.29, 1.82) is 0 Å². The monoisotopic (exact) mass is 248 g/mol. The van der Waals surface area contributed by atoms with Crippen LogP contribution in [0.5, 0.6) is 0 Å². The number of carbonyl (C=O) groups is 1. The summed E-state index contributed by atoms with van der Waals surface area (Å²) in [4.78, 5) is 15.7. The molecule has 1 atom stereocenters. The maximum absolute atomic E-state index is 11.3. The van der Waals surface area contributed by atoms with E-state index in [0.29, 0.717) is 6.54 Å². The average molecular weight is 248 g/mol. The summed E-state index contributed by atoms with van der Waals surface area (Å²) in [5.41, 5.74) is 7.73. The normalized spacial score (nSPS) is 16.3. The summed E-state index contributed by atoms with van der Waals surface area (Å²) in [6.45, 7) is 2.46. The molecule has 1 amide bonds. The van der Waals surface area contributed by atoms with Crippen LogP contribution in [0.15, 0.2) is 24.3 Å². The van der Waals surface area contributed by atoms with Gasteiger partial charge in [0, 0.05) is 26.7 Å². The number of benzene rings is 1. The van der Waals surface area contributed by atoms with Gasteiger partial charge in [0.2, 0.25) is 5.91 Å². The van der Waals surface area contributed by atoms with Crippen molar-refractivity contribution in [1.82, 2.24) is 5.32 Å². The summed E-state index contributed by atoms with van der Waals surface area (Å²) in [6.07, 6.45) is 0. The van der Waals surface area contributed by atoms with Crippen LogP contribution in [0.25, 0.3) is 0 Å². The van der Waals surface area contributed by atoms with Gasteiger partial charge < -0.3 is 20.9 Å². The van der Waals surface area contributed by atoms with Gasteiger partial charge in [-0.25, -0.2) is 0 Å². The Kier molecular flexibility index (Phi) is 3.72. The molecule has 98 valence electrons. The molecule has 3 N–H and O–H groups in total. The van der Waals surface area contributed by atoms with Crippen LogP contribution in [-0.4, -0.2) is 45.7 Å². The van der Waals surface area contributed by atoms with Crippen molar-refractivity contribution in [3.8, 4) is 0 Å². The molecule has 0 aliphatic carbocycles. The van der Waals surface area contributed by atoms with Gasteiger partial charge in [-0.1, -0.05) is 12.1 Å². The maximum Gasteiger partial charge on any atom is 0.236 e. The average Bonchev–Trinajstić information content (AvgIpc) is 2.38. The number of hydrogen-bond acceptors (Lipinski definition) is 4. The van der Waals surface area contributed by atoms with Crippen LogP contribution in [0, 0.1) is 0 Å². The van der Waals surface area contributed by atoms with Crippen molar-refractivity contribution in [2.45, 2.75) is 6.04 Å². The number of nitrogens with one attached hydrogen (secondary N) is 1. The Morgan fingerprint density at radius 2 is 2.06 bits per heavy atom. The molecular weight excluding hydrogens is 228 g/mol. The van der Waals surface area contributed by atoms with E-state index in [-0.39, 0.29) is 11.9 Å². The zero-order valence-corrected chi connectivity index (χ0v) is 10.9. The summed E-state index contributed by atoms with van der Waals surface area (Å²) in [7, 11) is 3.84. The van der Waals surface area contributed by atoms with Crippen LogP contribution in [0.4, 0.5) is 11.4 Å². The quantitative estimate of drug-likeness (QED) is 0.788. The molecule has 0 spiro atoms. The minimum absolute atomic E-state index is 0.311. The Morgan fingerprint density at radius 1 is 1.39 bits per heavy atom. The number of carbonyl (C=O) groups excluding carboxylic acids is 1. The lowest BCUT2D eigenvalue weighted by Crippen LogP contribution is -2.50. The SMILES string of the molecule is CNC(CN1CCN(C)c2ccccc21)C(N)=O. The molecule has 1 aliphatic rings. The highest BCUT2D eigenvalue weighted by molar-refractivity contribution is 5.81. The van der Waals surface area contributed by atoms with E-state index in [1.165, 1.54) is 5.69 Å². The number of fused-ring (bicyclic) bond motifs is 1. The highest BCUT2D eigenvalue weighted by atomic mass is 16.1. The van der Waals surface area contributed by atoms with Gasteiger partial charge in [0.15, 0.2) is 0 Å². The molecule has 0 saturated heterocycles. The van der Waals surface area contributed by atoms with E-state index >= 15 is 0 Å². The van der Waals surface area contributed by atoms with Gasteiger partial charge in [0.05, 0.1) is 11.4 Å². The number of amides is 1. The van der Waals surface area contributed by atoms with Crippen molar-refractivity contribution in [3.05, 3.63) is 24.3 Å². The number of rotatable bonds is 4. The molecule has 18 heavy (non-hydrogen) atoms. The van der Waals surface area contributed by atoms with Gasteiger partial charge in [-0.2, -0.15) is 0 Å². The Hall–Kier alpha value is -1.75. The zero-order valence-electron chi connectivity index (χ0n) is 10.9. The van der Waals surface area contributed by atoms with Crippen LogP contribution in [0.3, 0.4) is 0 Å². The van der Waals surface area contributed by atoms with E-state index in [2.05, 4.69) is 34.3 Å². The molecule has 0 fully saturated rings. The lowest BCUT2D eigenvalue weighted by molar-refractivity contribution is -0.119. The molecule has 5 nitrogen and oxygen atoms in total. The summed E-state index contributed by atoms with van der Waals surface area (Å²) in [6, 6.07) is 7.91. The van der Waals surface area contributed by atoms with E-state index in [4.69, 9.17) is 5.73 Å². The molecule has 5 heteroatoms. The topological polar surface area (TPSA) is 61.6 Å². The van der Waals surface area contributed by atoms with Crippen LogP contribution in [0.1, 0.15) is 0 Å². The smallest absolute Gasteiger partial charge is 0.236 e. The third kappa shape index (κ3) is 2.41. The number of likely N-dealkylation sites (N-methyl/N-ethyl adjacent to an activating group) is 2. The second-order valence-corrected chi connectivity index (χ2v) is 4.60.